The van der Waals surface area contributed by atoms with E-state index in [2.05, 4.69) is 4.90 Å². The molecule has 3 rings (SSSR count). The van der Waals surface area contributed by atoms with Crippen LogP contribution in [0.2, 0.25) is 0 Å². The van der Waals surface area contributed by atoms with Crippen molar-refractivity contribution in [3.05, 3.63) is 16.6 Å². The molecule has 108 valence electrons. The zero-order chi connectivity index (χ0) is 13.9. The predicted octanol–water partition coefficient (Wildman–Crippen LogP) is 3.50. The average molecular weight is 292 g/mol. The van der Waals surface area contributed by atoms with Crippen molar-refractivity contribution < 1.29 is 9.90 Å². The molecule has 1 aliphatic carbocycles. The number of hydrogen-bond donors (Lipinski definition) is 1. The van der Waals surface area contributed by atoms with Gasteiger partial charge in [-0.25, -0.2) is 9.78 Å². The van der Waals surface area contributed by atoms with Crippen molar-refractivity contribution in [2.45, 2.75) is 44.4 Å². The van der Waals surface area contributed by atoms with Crippen LogP contribution in [-0.4, -0.2) is 29.1 Å². The van der Waals surface area contributed by atoms with E-state index in [0.717, 1.165) is 28.8 Å². The van der Waals surface area contributed by atoms with Gasteiger partial charge in [0.05, 0.1) is 10.6 Å². The lowest BCUT2D eigenvalue weighted by atomic mass is 10.2. The highest BCUT2D eigenvalue weighted by atomic mass is 32.1. The molecule has 1 aromatic rings. The van der Waals surface area contributed by atoms with Crippen LogP contribution in [0.3, 0.4) is 0 Å². The molecule has 0 spiro atoms. The SMILES string of the molecule is O=C(O)/C=C/c1sc(N2CCCCCC2)nc1C1CC1. The molecule has 0 aromatic carbocycles. The largest absolute Gasteiger partial charge is 0.478 e. The van der Waals surface area contributed by atoms with Crippen molar-refractivity contribution in [1.82, 2.24) is 4.98 Å². The summed E-state index contributed by atoms with van der Waals surface area (Å²) in [5, 5.41) is 9.88. The van der Waals surface area contributed by atoms with Crippen LogP contribution >= 0.6 is 11.3 Å². The summed E-state index contributed by atoms with van der Waals surface area (Å²) in [5.41, 5.74) is 1.12. The van der Waals surface area contributed by atoms with E-state index in [0.29, 0.717) is 5.92 Å². The molecule has 1 saturated carbocycles. The van der Waals surface area contributed by atoms with Crippen molar-refractivity contribution in [2.24, 2.45) is 0 Å². The minimum absolute atomic E-state index is 0.556. The fourth-order valence-corrected chi connectivity index (χ4v) is 3.75. The van der Waals surface area contributed by atoms with Crippen LogP contribution in [0.1, 0.15) is 55.0 Å². The van der Waals surface area contributed by atoms with Gasteiger partial charge >= 0.3 is 5.97 Å². The number of aliphatic carboxylic acids is 1. The molecule has 1 aliphatic heterocycles. The van der Waals surface area contributed by atoms with E-state index in [1.54, 1.807) is 17.4 Å². The van der Waals surface area contributed by atoms with Gasteiger partial charge in [0.15, 0.2) is 5.13 Å². The third-order valence-electron chi connectivity index (χ3n) is 3.89. The van der Waals surface area contributed by atoms with Gasteiger partial charge in [0.2, 0.25) is 0 Å². The monoisotopic (exact) mass is 292 g/mol. The van der Waals surface area contributed by atoms with Gasteiger partial charge in [-0.3, -0.25) is 0 Å². The molecule has 20 heavy (non-hydrogen) atoms. The average Bonchev–Trinajstić information content (AvgIpc) is 3.22. The predicted molar refractivity (Wildman–Crippen MR) is 81.4 cm³/mol. The Morgan fingerprint density at radius 1 is 1.25 bits per heavy atom. The number of rotatable bonds is 4. The number of carboxylic acids is 1. The molecule has 1 N–H and O–H groups in total. The summed E-state index contributed by atoms with van der Waals surface area (Å²) in [4.78, 5) is 18.9. The Bertz CT molecular complexity index is 512. The number of carboxylic acid groups (broad SMARTS) is 1. The van der Waals surface area contributed by atoms with Crippen molar-refractivity contribution in [3.8, 4) is 0 Å². The lowest BCUT2D eigenvalue weighted by Gasteiger charge is -2.18. The highest BCUT2D eigenvalue weighted by Gasteiger charge is 2.30. The Kier molecular flexibility index (Phi) is 4.05. The highest BCUT2D eigenvalue weighted by Crippen LogP contribution is 2.44. The first kappa shape index (κ1) is 13.6. The second-order valence-corrected chi connectivity index (χ2v) is 6.60. The number of thiazole rings is 1. The first-order valence-corrected chi connectivity index (χ1v) is 8.22. The van der Waals surface area contributed by atoms with E-state index in [-0.39, 0.29) is 0 Å². The van der Waals surface area contributed by atoms with Crippen LogP contribution in [0.15, 0.2) is 6.08 Å². The normalized spacial score (nSPS) is 20.3. The van der Waals surface area contributed by atoms with Crippen molar-refractivity contribution in [2.75, 3.05) is 18.0 Å². The smallest absolute Gasteiger partial charge is 0.328 e. The summed E-state index contributed by atoms with van der Waals surface area (Å²) in [6, 6.07) is 0. The van der Waals surface area contributed by atoms with Gasteiger partial charge in [0.1, 0.15) is 0 Å². The maximum absolute atomic E-state index is 10.7. The second kappa shape index (κ2) is 5.95. The minimum Gasteiger partial charge on any atom is -0.478 e. The third kappa shape index (κ3) is 3.20. The molecule has 0 bridgehead atoms. The van der Waals surface area contributed by atoms with E-state index in [9.17, 15) is 4.79 Å². The number of carbonyl (C=O) groups is 1. The molecule has 2 heterocycles. The Morgan fingerprint density at radius 3 is 2.55 bits per heavy atom. The zero-order valence-corrected chi connectivity index (χ0v) is 12.4. The van der Waals surface area contributed by atoms with Crippen molar-refractivity contribution >= 4 is 28.5 Å². The number of anilines is 1. The fourth-order valence-electron chi connectivity index (χ4n) is 2.64. The molecule has 1 aromatic heterocycles. The number of aromatic nitrogens is 1. The van der Waals surface area contributed by atoms with Gasteiger partial charge in [-0.05, 0) is 31.8 Å². The summed E-state index contributed by atoms with van der Waals surface area (Å²) in [6.45, 7) is 2.17. The van der Waals surface area contributed by atoms with Crippen LogP contribution in [-0.2, 0) is 4.79 Å². The van der Waals surface area contributed by atoms with Gasteiger partial charge in [-0.15, -0.1) is 0 Å². The molecular weight excluding hydrogens is 272 g/mol. The number of nitrogens with zero attached hydrogens (tertiary/aromatic N) is 2. The topological polar surface area (TPSA) is 53.4 Å². The van der Waals surface area contributed by atoms with E-state index in [1.807, 2.05) is 0 Å². The maximum atomic E-state index is 10.7. The molecular formula is C15H20N2O2S. The van der Waals surface area contributed by atoms with Crippen molar-refractivity contribution in [3.63, 3.8) is 0 Å². The maximum Gasteiger partial charge on any atom is 0.328 e. The Balaban J connectivity index is 1.84. The van der Waals surface area contributed by atoms with Gasteiger partial charge < -0.3 is 10.0 Å². The van der Waals surface area contributed by atoms with Gasteiger partial charge in [0.25, 0.3) is 0 Å². The van der Waals surface area contributed by atoms with E-state index < -0.39 is 5.97 Å². The van der Waals surface area contributed by atoms with Crippen LogP contribution in [0, 0.1) is 0 Å². The van der Waals surface area contributed by atoms with Crippen molar-refractivity contribution in [1.29, 1.82) is 0 Å². The zero-order valence-electron chi connectivity index (χ0n) is 11.5. The second-order valence-electron chi connectivity index (χ2n) is 5.59. The minimum atomic E-state index is -0.892. The molecule has 5 heteroatoms. The van der Waals surface area contributed by atoms with Crippen LogP contribution < -0.4 is 4.90 Å². The lowest BCUT2D eigenvalue weighted by Crippen LogP contribution is -2.23. The summed E-state index contributed by atoms with van der Waals surface area (Å²) in [7, 11) is 0. The molecule has 2 aliphatic rings. The molecule has 0 amide bonds. The quantitative estimate of drug-likeness (QED) is 0.863. The molecule has 1 saturated heterocycles. The van der Waals surface area contributed by atoms with Gasteiger partial charge in [0, 0.05) is 25.1 Å². The standard InChI is InChI=1S/C15H20N2O2S/c18-13(19)8-7-12-14(11-5-6-11)16-15(20-12)17-9-3-1-2-4-10-17/h7-8,11H,1-6,9-10H2,(H,18,19)/b8-7+. The summed E-state index contributed by atoms with van der Waals surface area (Å²) >= 11 is 1.65. The molecule has 4 nitrogen and oxygen atoms in total. The van der Waals surface area contributed by atoms with E-state index in [4.69, 9.17) is 10.1 Å². The van der Waals surface area contributed by atoms with Crippen LogP contribution in [0.4, 0.5) is 5.13 Å². The molecule has 2 fully saturated rings. The van der Waals surface area contributed by atoms with Gasteiger partial charge in [-0.1, -0.05) is 24.2 Å². The summed E-state index contributed by atoms with van der Waals surface area (Å²) in [6.07, 6.45) is 10.4. The Morgan fingerprint density at radius 2 is 1.95 bits per heavy atom. The fraction of sp³-hybridized carbons (Fsp3) is 0.600. The van der Waals surface area contributed by atoms with E-state index >= 15 is 0 Å². The summed E-state index contributed by atoms with van der Waals surface area (Å²) < 4.78 is 0. The molecule has 0 radical (unpaired) electrons. The first-order valence-electron chi connectivity index (χ1n) is 7.41. The number of hydrogen-bond acceptors (Lipinski definition) is 4. The van der Waals surface area contributed by atoms with Crippen LogP contribution in [0.25, 0.3) is 6.08 Å². The molecule has 0 unspecified atom stereocenters. The summed E-state index contributed by atoms with van der Waals surface area (Å²) in [5.74, 6) is -0.336. The first-order chi connectivity index (χ1) is 9.74. The third-order valence-corrected chi connectivity index (χ3v) is 4.98. The Labute approximate surface area is 123 Å². The van der Waals surface area contributed by atoms with E-state index in [1.165, 1.54) is 44.6 Å². The van der Waals surface area contributed by atoms with Gasteiger partial charge in [-0.2, -0.15) is 0 Å². The highest BCUT2D eigenvalue weighted by molar-refractivity contribution is 7.16. The molecule has 0 atom stereocenters. The Hall–Kier alpha value is -1.36. The van der Waals surface area contributed by atoms with Crippen LogP contribution in [0.5, 0.6) is 0 Å². The lowest BCUT2D eigenvalue weighted by molar-refractivity contribution is -0.131.